The Kier molecular flexibility index (Phi) is 4.78. The van der Waals surface area contributed by atoms with E-state index < -0.39 is 5.97 Å². The highest BCUT2D eigenvalue weighted by atomic mass is 16.5. The Morgan fingerprint density at radius 3 is 1.89 bits per heavy atom. The van der Waals surface area contributed by atoms with Crippen LogP contribution in [0.5, 0.6) is 0 Å². The van der Waals surface area contributed by atoms with E-state index in [0.29, 0.717) is 0 Å². The molecule has 2 rings (SSSR count). The van der Waals surface area contributed by atoms with Crippen LogP contribution in [0.2, 0.25) is 0 Å². The maximum Gasteiger partial charge on any atom is 0.331 e. The molecule has 102 valence electrons. The highest BCUT2D eigenvalue weighted by molar-refractivity contribution is 5.86. The molecule has 2 fully saturated rings. The van der Waals surface area contributed by atoms with Crippen LogP contribution in [0.25, 0.3) is 0 Å². The van der Waals surface area contributed by atoms with Crippen LogP contribution in [-0.4, -0.2) is 36.5 Å². The molecule has 4 nitrogen and oxygen atoms in total. The molecule has 0 saturated carbocycles. The molecule has 0 radical (unpaired) electrons. The van der Waals surface area contributed by atoms with Gasteiger partial charge in [-0.2, -0.15) is 0 Å². The van der Waals surface area contributed by atoms with Crippen LogP contribution in [-0.2, 0) is 14.3 Å². The van der Waals surface area contributed by atoms with Crippen LogP contribution >= 0.6 is 0 Å². The number of rotatable bonds is 4. The van der Waals surface area contributed by atoms with Gasteiger partial charge in [-0.05, 0) is 38.5 Å². The van der Waals surface area contributed by atoms with Crippen molar-refractivity contribution in [2.45, 2.75) is 50.7 Å². The minimum atomic E-state index is -0.927. The Balaban J connectivity index is 2.10. The van der Waals surface area contributed by atoms with E-state index in [4.69, 9.17) is 9.47 Å². The van der Waals surface area contributed by atoms with Crippen LogP contribution in [0, 0.1) is 5.92 Å². The van der Waals surface area contributed by atoms with E-state index in [1.807, 2.05) is 0 Å². The highest BCUT2D eigenvalue weighted by Gasteiger charge is 2.37. The van der Waals surface area contributed by atoms with Gasteiger partial charge >= 0.3 is 5.97 Å². The van der Waals surface area contributed by atoms with E-state index in [1.54, 1.807) is 0 Å². The molecule has 0 bridgehead atoms. The molecular weight excluding hydrogens is 232 g/mol. The highest BCUT2D eigenvalue weighted by Crippen LogP contribution is 2.33. The van der Waals surface area contributed by atoms with Crippen molar-refractivity contribution in [3.05, 3.63) is 12.2 Å². The second-order valence-corrected chi connectivity index (χ2v) is 5.17. The first kappa shape index (κ1) is 13.6. The van der Waals surface area contributed by atoms with Crippen LogP contribution in [0.1, 0.15) is 38.5 Å². The fraction of sp³-hybridized carbons (Fsp3) is 0.786. The van der Waals surface area contributed by atoms with E-state index in [0.717, 1.165) is 51.7 Å². The molecule has 2 saturated heterocycles. The maximum absolute atomic E-state index is 11.2. The van der Waals surface area contributed by atoms with Crippen LogP contribution in [0.4, 0.5) is 0 Å². The second kappa shape index (κ2) is 6.34. The third kappa shape index (κ3) is 3.12. The Morgan fingerprint density at radius 2 is 1.56 bits per heavy atom. The standard InChI is InChI=1S/C14H22O4/c1-10(14(15)16)13(11-6-2-4-8-17-11)12-7-3-5-9-18-12/h11-13H,1-9H2,(H,15,16). The first-order valence-corrected chi connectivity index (χ1v) is 6.85. The van der Waals surface area contributed by atoms with Gasteiger partial charge in [0.2, 0.25) is 0 Å². The lowest BCUT2D eigenvalue weighted by molar-refractivity contribution is -0.137. The van der Waals surface area contributed by atoms with Crippen molar-refractivity contribution in [2.75, 3.05) is 13.2 Å². The van der Waals surface area contributed by atoms with E-state index in [2.05, 4.69) is 6.58 Å². The van der Waals surface area contributed by atoms with Crippen molar-refractivity contribution in [1.29, 1.82) is 0 Å². The molecule has 0 amide bonds. The van der Waals surface area contributed by atoms with Crippen molar-refractivity contribution >= 4 is 5.97 Å². The van der Waals surface area contributed by atoms with Crippen LogP contribution in [0.3, 0.4) is 0 Å². The molecule has 2 heterocycles. The lowest BCUT2D eigenvalue weighted by Crippen LogP contribution is -2.41. The third-order valence-corrected chi connectivity index (χ3v) is 3.91. The molecule has 2 unspecified atom stereocenters. The zero-order chi connectivity index (χ0) is 13.0. The summed E-state index contributed by atoms with van der Waals surface area (Å²) in [5, 5.41) is 9.20. The number of aliphatic carboxylic acids is 1. The van der Waals surface area contributed by atoms with Gasteiger partial charge in [-0.15, -0.1) is 0 Å². The van der Waals surface area contributed by atoms with Crippen molar-refractivity contribution in [3.63, 3.8) is 0 Å². The SMILES string of the molecule is C=C(C(=O)O)C(C1CCCCO1)C1CCCCO1. The average molecular weight is 254 g/mol. The second-order valence-electron chi connectivity index (χ2n) is 5.17. The first-order chi connectivity index (χ1) is 8.70. The molecule has 0 aliphatic carbocycles. The van der Waals surface area contributed by atoms with Crippen LogP contribution < -0.4 is 0 Å². The van der Waals surface area contributed by atoms with Gasteiger partial charge in [-0.25, -0.2) is 4.79 Å². The third-order valence-electron chi connectivity index (χ3n) is 3.91. The van der Waals surface area contributed by atoms with Crippen molar-refractivity contribution in [2.24, 2.45) is 5.92 Å². The summed E-state index contributed by atoms with van der Waals surface area (Å²) in [6, 6.07) is 0. The largest absolute Gasteiger partial charge is 0.478 e. The van der Waals surface area contributed by atoms with Crippen molar-refractivity contribution < 1.29 is 19.4 Å². The van der Waals surface area contributed by atoms with Gasteiger partial charge < -0.3 is 14.6 Å². The predicted molar refractivity (Wildman–Crippen MR) is 67.4 cm³/mol. The minimum Gasteiger partial charge on any atom is -0.478 e. The smallest absolute Gasteiger partial charge is 0.331 e. The summed E-state index contributed by atoms with van der Waals surface area (Å²) in [7, 11) is 0. The lowest BCUT2D eigenvalue weighted by Gasteiger charge is -2.37. The molecule has 2 atom stereocenters. The van der Waals surface area contributed by atoms with Gasteiger partial charge in [-0.1, -0.05) is 6.58 Å². The summed E-state index contributed by atoms with van der Waals surface area (Å²) in [4.78, 5) is 11.2. The molecule has 2 aliphatic heterocycles. The fourth-order valence-corrected chi connectivity index (χ4v) is 2.93. The van der Waals surface area contributed by atoms with E-state index in [-0.39, 0.29) is 23.7 Å². The summed E-state index contributed by atoms with van der Waals surface area (Å²) in [5.74, 6) is -1.12. The molecule has 18 heavy (non-hydrogen) atoms. The summed E-state index contributed by atoms with van der Waals surface area (Å²) in [6.45, 7) is 5.19. The number of hydrogen-bond donors (Lipinski definition) is 1. The number of hydrogen-bond acceptors (Lipinski definition) is 3. The average Bonchev–Trinajstić information content (AvgIpc) is 2.41. The lowest BCUT2D eigenvalue weighted by atomic mass is 9.82. The van der Waals surface area contributed by atoms with Crippen LogP contribution in [0.15, 0.2) is 12.2 Å². The molecule has 0 aromatic rings. The number of carbonyl (C=O) groups is 1. The first-order valence-electron chi connectivity index (χ1n) is 6.85. The molecule has 1 N–H and O–H groups in total. The zero-order valence-corrected chi connectivity index (χ0v) is 10.8. The van der Waals surface area contributed by atoms with Gasteiger partial charge in [0.25, 0.3) is 0 Å². The van der Waals surface area contributed by atoms with Crippen molar-refractivity contribution in [3.8, 4) is 0 Å². The van der Waals surface area contributed by atoms with Crippen molar-refractivity contribution in [1.82, 2.24) is 0 Å². The molecule has 0 spiro atoms. The molecule has 4 heteroatoms. The number of carboxylic acid groups (broad SMARTS) is 1. The van der Waals surface area contributed by atoms with Gasteiger partial charge in [0.1, 0.15) is 0 Å². The summed E-state index contributed by atoms with van der Waals surface area (Å²) in [5.41, 5.74) is 0.244. The van der Waals surface area contributed by atoms with Gasteiger partial charge in [0.05, 0.1) is 12.2 Å². The predicted octanol–water partition coefficient (Wildman–Crippen LogP) is 2.38. The van der Waals surface area contributed by atoms with E-state index in [9.17, 15) is 9.90 Å². The minimum absolute atomic E-state index is 0.0366. The molecule has 2 aliphatic rings. The molecular formula is C14H22O4. The topological polar surface area (TPSA) is 55.8 Å². The van der Waals surface area contributed by atoms with Gasteiger partial charge in [-0.3, -0.25) is 0 Å². The maximum atomic E-state index is 11.2. The zero-order valence-electron chi connectivity index (χ0n) is 10.8. The molecule has 0 aromatic carbocycles. The fourth-order valence-electron chi connectivity index (χ4n) is 2.93. The van der Waals surface area contributed by atoms with Gasteiger partial charge in [0, 0.05) is 24.7 Å². The Morgan fingerprint density at radius 1 is 1.06 bits per heavy atom. The van der Waals surface area contributed by atoms with Gasteiger partial charge in [0.15, 0.2) is 0 Å². The molecule has 0 aromatic heterocycles. The normalized spacial score (nSPS) is 30.7. The Labute approximate surface area is 108 Å². The quantitative estimate of drug-likeness (QED) is 0.783. The Bertz CT molecular complexity index is 283. The summed E-state index contributed by atoms with van der Waals surface area (Å²) < 4.78 is 11.5. The number of carboxylic acids is 1. The van der Waals surface area contributed by atoms with E-state index in [1.165, 1.54) is 0 Å². The summed E-state index contributed by atoms with van der Waals surface area (Å²) in [6.07, 6.45) is 6.08. The number of ether oxygens (including phenoxy) is 2. The van der Waals surface area contributed by atoms with E-state index >= 15 is 0 Å². The summed E-state index contributed by atoms with van der Waals surface area (Å²) >= 11 is 0. The Hall–Kier alpha value is -0.870. The monoisotopic (exact) mass is 254 g/mol.